The molecule has 0 saturated heterocycles. The van der Waals surface area contributed by atoms with Crippen molar-refractivity contribution < 1.29 is 14.3 Å². The molecule has 0 aliphatic carbocycles. The van der Waals surface area contributed by atoms with Gasteiger partial charge in [-0.3, -0.25) is 9.59 Å². The van der Waals surface area contributed by atoms with Crippen molar-refractivity contribution in [3.8, 4) is 5.75 Å². The Morgan fingerprint density at radius 3 is 2.65 bits per heavy atom. The van der Waals surface area contributed by atoms with E-state index in [2.05, 4.69) is 15.6 Å². The number of nitrogens with one attached hydrogen (secondary N) is 3. The van der Waals surface area contributed by atoms with Gasteiger partial charge >= 0.3 is 0 Å². The summed E-state index contributed by atoms with van der Waals surface area (Å²) in [5, 5.41) is 7.09. The number of hydrogen-bond donors (Lipinski definition) is 3. The number of carbonyl (C=O) groups is 2. The summed E-state index contributed by atoms with van der Waals surface area (Å²) in [7, 11) is 0. The Hall–Kier alpha value is -4.06. The molecule has 0 radical (unpaired) electrons. The molecule has 6 heteroatoms. The van der Waals surface area contributed by atoms with Crippen LogP contribution in [-0.4, -0.2) is 22.8 Å². The molecule has 0 saturated carbocycles. The minimum Gasteiger partial charge on any atom is -0.479 e. The zero-order valence-corrected chi connectivity index (χ0v) is 16.9. The van der Waals surface area contributed by atoms with Crippen molar-refractivity contribution >= 4 is 34.0 Å². The Kier molecular flexibility index (Phi) is 4.67. The topological polar surface area (TPSA) is 83.2 Å². The van der Waals surface area contributed by atoms with Crippen molar-refractivity contribution in [2.24, 2.45) is 0 Å². The van der Waals surface area contributed by atoms with Gasteiger partial charge in [0, 0.05) is 28.4 Å². The van der Waals surface area contributed by atoms with Crippen LogP contribution < -0.4 is 15.4 Å². The number of aromatic nitrogens is 1. The van der Waals surface area contributed by atoms with Crippen molar-refractivity contribution in [2.75, 3.05) is 10.6 Å². The number of carbonyl (C=O) groups excluding carboxylic acids is 2. The third-order valence-electron chi connectivity index (χ3n) is 5.47. The highest BCUT2D eigenvalue weighted by Crippen LogP contribution is 2.34. The van der Waals surface area contributed by atoms with E-state index in [0.29, 0.717) is 22.7 Å². The number of fused-ring (bicyclic) bond motifs is 2. The number of ketones is 1. The molecular weight excluding hydrogens is 390 g/mol. The van der Waals surface area contributed by atoms with Crippen molar-refractivity contribution in [1.82, 2.24) is 4.98 Å². The van der Waals surface area contributed by atoms with Crippen molar-refractivity contribution in [1.29, 1.82) is 0 Å². The average molecular weight is 411 g/mol. The molecule has 6 nitrogen and oxygen atoms in total. The van der Waals surface area contributed by atoms with E-state index in [1.54, 1.807) is 25.3 Å². The molecule has 5 rings (SSSR count). The van der Waals surface area contributed by atoms with Gasteiger partial charge < -0.3 is 20.4 Å². The molecule has 154 valence electrons. The third-order valence-corrected chi connectivity index (χ3v) is 5.47. The first-order valence-corrected chi connectivity index (χ1v) is 10.1. The molecule has 1 amide bonds. The fourth-order valence-electron chi connectivity index (χ4n) is 3.84. The maximum Gasteiger partial charge on any atom is 0.265 e. The molecule has 0 bridgehead atoms. The molecular formula is C25H21N3O3. The summed E-state index contributed by atoms with van der Waals surface area (Å²) in [4.78, 5) is 28.8. The zero-order valence-electron chi connectivity index (χ0n) is 16.9. The van der Waals surface area contributed by atoms with Crippen LogP contribution in [0.4, 0.5) is 11.4 Å². The Morgan fingerprint density at radius 2 is 1.81 bits per heavy atom. The van der Waals surface area contributed by atoms with Crippen LogP contribution in [0.1, 0.15) is 28.9 Å². The quantitative estimate of drug-likeness (QED) is 0.407. The van der Waals surface area contributed by atoms with Crippen LogP contribution in [0.25, 0.3) is 10.9 Å². The van der Waals surface area contributed by atoms with E-state index in [9.17, 15) is 9.59 Å². The van der Waals surface area contributed by atoms with Gasteiger partial charge in [0.2, 0.25) is 0 Å². The van der Waals surface area contributed by atoms with E-state index in [1.165, 1.54) is 0 Å². The monoisotopic (exact) mass is 411 g/mol. The number of Topliss-reactive ketones (excluding diaryl/α,β-unsaturated/α-hetero) is 1. The fraction of sp³-hybridized carbons (Fsp3) is 0.120. The standard InChI is InChI=1S/C25H21N3O3/c1-15-25(30)28-21-13-17(11-12-22(21)31-15)27-23(16-7-3-2-4-8-16)24(29)19-14-26-20-10-6-5-9-18(19)20/h2-15,23,26-27H,1H3,(H,28,30). The van der Waals surface area contributed by atoms with E-state index in [-0.39, 0.29) is 11.7 Å². The molecule has 1 aliphatic rings. The Balaban J connectivity index is 1.51. The van der Waals surface area contributed by atoms with E-state index >= 15 is 0 Å². The normalized spacial score (nSPS) is 16.2. The number of ether oxygens (including phenoxy) is 1. The molecule has 2 unspecified atom stereocenters. The molecule has 2 heterocycles. The number of aromatic amines is 1. The van der Waals surface area contributed by atoms with Crippen LogP contribution in [0.3, 0.4) is 0 Å². The van der Waals surface area contributed by atoms with Gasteiger partial charge in [-0.25, -0.2) is 0 Å². The first-order valence-electron chi connectivity index (χ1n) is 10.1. The molecule has 31 heavy (non-hydrogen) atoms. The van der Waals surface area contributed by atoms with E-state index in [4.69, 9.17) is 4.74 Å². The second-order valence-corrected chi connectivity index (χ2v) is 7.56. The first kappa shape index (κ1) is 18.9. The third kappa shape index (κ3) is 3.53. The van der Waals surface area contributed by atoms with Gasteiger partial charge in [-0.2, -0.15) is 0 Å². The van der Waals surface area contributed by atoms with Crippen LogP contribution in [0.5, 0.6) is 5.75 Å². The maximum absolute atomic E-state index is 13.6. The molecule has 0 fully saturated rings. The maximum atomic E-state index is 13.6. The fourth-order valence-corrected chi connectivity index (χ4v) is 3.84. The number of hydrogen-bond acceptors (Lipinski definition) is 4. The summed E-state index contributed by atoms with van der Waals surface area (Å²) in [6.07, 6.45) is 1.22. The molecule has 3 N–H and O–H groups in total. The number of anilines is 2. The Morgan fingerprint density at radius 1 is 1.03 bits per heavy atom. The Labute approximate surface area is 179 Å². The minimum absolute atomic E-state index is 0.0460. The second-order valence-electron chi connectivity index (χ2n) is 7.56. The summed E-state index contributed by atoms with van der Waals surface area (Å²) in [6.45, 7) is 1.70. The minimum atomic E-state index is -0.599. The number of para-hydroxylation sites is 1. The summed E-state index contributed by atoms with van der Waals surface area (Å²) in [6, 6.07) is 22.2. The summed E-state index contributed by atoms with van der Waals surface area (Å²) in [5.41, 5.74) is 3.68. The van der Waals surface area contributed by atoms with Crippen LogP contribution in [0.15, 0.2) is 79.0 Å². The lowest BCUT2D eigenvalue weighted by Crippen LogP contribution is -2.34. The molecule has 1 aliphatic heterocycles. The van der Waals surface area contributed by atoms with Crippen molar-refractivity contribution in [2.45, 2.75) is 19.1 Å². The number of H-pyrrole nitrogens is 1. The lowest BCUT2D eigenvalue weighted by Gasteiger charge is -2.25. The van der Waals surface area contributed by atoms with Gasteiger partial charge in [-0.1, -0.05) is 48.5 Å². The average Bonchev–Trinajstić information content (AvgIpc) is 3.23. The molecule has 2 atom stereocenters. The predicted octanol–water partition coefficient (Wildman–Crippen LogP) is 4.92. The smallest absolute Gasteiger partial charge is 0.265 e. The highest BCUT2D eigenvalue weighted by atomic mass is 16.5. The van der Waals surface area contributed by atoms with Gasteiger partial charge in [0.15, 0.2) is 11.9 Å². The van der Waals surface area contributed by atoms with E-state index < -0.39 is 12.1 Å². The molecule has 1 aromatic heterocycles. The van der Waals surface area contributed by atoms with Gasteiger partial charge in [0.25, 0.3) is 5.91 Å². The van der Waals surface area contributed by atoms with Crippen molar-refractivity contribution in [3.05, 3.63) is 90.1 Å². The SMILES string of the molecule is CC1Oc2ccc(NC(C(=O)c3c[nH]c4ccccc34)c3ccccc3)cc2NC1=O. The van der Waals surface area contributed by atoms with Crippen LogP contribution in [0, 0.1) is 0 Å². The highest BCUT2D eigenvalue weighted by Gasteiger charge is 2.26. The summed E-state index contributed by atoms with van der Waals surface area (Å²) in [5.74, 6) is 0.367. The highest BCUT2D eigenvalue weighted by molar-refractivity contribution is 6.11. The van der Waals surface area contributed by atoms with Crippen LogP contribution in [0.2, 0.25) is 0 Å². The molecule has 4 aromatic rings. The van der Waals surface area contributed by atoms with Crippen LogP contribution in [-0.2, 0) is 4.79 Å². The number of amides is 1. The predicted molar refractivity (Wildman–Crippen MR) is 121 cm³/mol. The first-order chi connectivity index (χ1) is 15.1. The Bertz CT molecular complexity index is 1280. The summed E-state index contributed by atoms with van der Waals surface area (Å²) < 4.78 is 5.63. The second kappa shape index (κ2) is 7.65. The largest absolute Gasteiger partial charge is 0.479 e. The number of rotatable bonds is 5. The van der Waals surface area contributed by atoms with Gasteiger partial charge in [0.1, 0.15) is 11.8 Å². The van der Waals surface area contributed by atoms with E-state index in [1.807, 2.05) is 60.7 Å². The van der Waals surface area contributed by atoms with E-state index in [0.717, 1.165) is 16.5 Å². The molecule has 0 spiro atoms. The lowest BCUT2D eigenvalue weighted by molar-refractivity contribution is -0.122. The van der Waals surface area contributed by atoms with Crippen LogP contribution >= 0.6 is 0 Å². The zero-order chi connectivity index (χ0) is 21.4. The summed E-state index contributed by atoms with van der Waals surface area (Å²) >= 11 is 0. The van der Waals surface area contributed by atoms with Gasteiger partial charge in [-0.05, 0) is 36.8 Å². The van der Waals surface area contributed by atoms with Gasteiger partial charge in [-0.15, -0.1) is 0 Å². The molecule has 3 aromatic carbocycles. The van der Waals surface area contributed by atoms with Gasteiger partial charge in [0.05, 0.1) is 5.69 Å². The number of benzene rings is 3. The lowest BCUT2D eigenvalue weighted by atomic mass is 9.96. The van der Waals surface area contributed by atoms with Crippen molar-refractivity contribution in [3.63, 3.8) is 0 Å².